The van der Waals surface area contributed by atoms with Crippen LogP contribution in [0.5, 0.6) is 0 Å². The Labute approximate surface area is 142 Å². The maximum atomic E-state index is 4.67. The molecule has 4 rings (SSSR count). The molecule has 8 heteroatoms. The van der Waals surface area contributed by atoms with Gasteiger partial charge in [0.2, 0.25) is 0 Å². The van der Waals surface area contributed by atoms with E-state index in [1.807, 2.05) is 37.3 Å². The van der Waals surface area contributed by atoms with Gasteiger partial charge >= 0.3 is 0 Å². The van der Waals surface area contributed by atoms with Gasteiger partial charge in [0.05, 0.1) is 5.52 Å². The summed E-state index contributed by atoms with van der Waals surface area (Å²) in [5.74, 6) is 1.41. The predicted molar refractivity (Wildman–Crippen MR) is 93.3 cm³/mol. The Morgan fingerprint density at radius 3 is 2.92 bits per heavy atom. The fourth-order valence-corrected chi connectivity index (χ4v) is 3.38. The van der Waals surface area contributed by atoms with Crippen LogP contribution in [0, 0.1) is 6.92 Å². The SMILES string of the molecule is CCNc1nc(Sc2cc(C)nc3ncnn23)nc2ccccc12. The molecule has 1 aromatic carbocycles. The van der Waals surface area contributed by atoms with Crippen molar-refractivity contribution in [1.29, 1.82) is 0 Å². The first-order valence-corrected chi connectivity index (χ1v) is 8.42. The van der Waals surface area contributed by atoms with E-state index in [0.717, 1.165) is 34.0 Å². The molecule has 0 bridgehead atoms. The fraction of sp³-hybridized carbons (Fsp3) is 0.188. The maximum absolute atomic E-state index is 4.67. The molecule has 0 fully saturated rings. The van der Waals surface area contributed by atoms with Crippen molar-refractivity contribution in [3.8, 4) is 0 Å². The van der Waals surface area contributed by atoms with E-state index in [9.17, 15) is 0 Å². The molecule has 3 aromatic heterocycles. The molecule has 0 saturated heterocycles. The van der Waals surface area contributed by atoms with E-state index < -0.39 is 0 Å². The van der Waals surface area contributed by atoms with E-state index in [-0.39, 0.29) is 0 Å². The molecule has 0 unspecified atom stereocenters. The van der Waals surface area contributed by atoms with Crippen molar-refractivity contribution < 1.29 is 0 Å². The van der Waals surface area contributed by atoms with Gasteiger partial charge < -0.3 is 5.32 Å². The van der Waals surface area contributed by atoms with Crippen molar-refractivity contribution in [3.05, 3.63) is 42.4 Å². The van der Waals surface area contributed by atoms with Gasteiger partial charge in [0.1, 0.15) is 17.2 Å². The minimum atomic E-state index is 0.574. The molecule has 24 heavy (non-hydrogen) atoms. The third kappa shape index (κ3) is 2.65. The second kappa shape index (κ2) is 6.04. The highest BCUT2D eigenvalue weighted by Gasteiger charge is 2.12. The highest BCUT2D eigenvalue weighted by atomic mass is 32.2. The third-order valence-electron chi connectivity index (χ3n) is 3.47. The number of hydrogen-bond donors (Lipinski definition) is 1. The van der Waals surface area contributed by atoms with E-state index >= 15 is 0 Å². The van der Waals surface area contributed by atoms with Crippen LogP contribution in [-0.2, 0) is 0 Å². The lowest BCUT2D eigenvalue weighted by molar-refractivity contribution is 0.829. The molecule has 4 aromatic rings. The summed E-state index contributed by atoms with van der Waals surface area (Å²) in [7, 11) is 0. The lowest BCUT2D eigenvalue weighted by Crippen LogP contribution is -2.03. The van der Waals surface area contributed by atoms with Gasteiger partial charge in [-0.1, -0.05) is 12.1 Å². The van der Waals surface area contributed by atoms with E-state index in [2.05, 4.69) is 37.3 Å². The zero-order valence-corrected chi connectivity index (χ0v) is 14.1. The topological polar surface area (TPSA) is 80.9 Å². The zero-order chi connectivity index (χ0) is 16.5. The maximum Gasteiger partial charge on any atom is 0.253 e. The quantitative estimate of drug-likeness (QED) is 0.453. The van der Waals surface area contributed by atoms with Crippen molar-refractivity contribution in [2.45, 2.75) is 24.0 Å². The first-order valence-electron chi connectivity index (χ1n) is 7.60. The van der Waals surface area contributed by atoms with Crippen LogP contribution >= 0.6 is 11.8 Å². The molecule has 1 N–H and O–H groups in total. The summed E-state index contributed by atoms with van der Waals surface area (Å²) in [6.07, 6.45) is 1.50. The fourth-order valence-electron chi connectivity index (χ4n) is 2.47. The third-order valence-corrected chi connectivity index (χ3v) is 4.34. The second-order valence-electron chi connectivity index (χ2n) is 5.21. The number of aromatic nitrogens is 6. The van der Waals surface area contributed by atoms with Gasteiger partial charge in [-0.15, -0.1) is 0 Å². The highest BCUT2D eigenvalue weighted by Crippen LogP contribution is 2.29. The van der Waals surface area contributed by atoms with Crippen molar-refractivity contribution >= 4 is 34.3 Å². The Balaban J connectivity index is 1.82. The molecular formula is C16H15N7S. The van der Waals surface area contributed by atoms with Crippen molar-refractivity contribution in [1.82, 2.24) is 29.5 Å². The van der Waals surface area contributed by atoms with E-state index in [1.54, 1.807) is 4.52 Å². The Morgan fingerprint density at radius 2 is 2.04 bits per heavy atom. The number of nitrogens with one attached hydrogen (secondary N) is 1. The number of aryl methyl sites for hydroxylation is 1. The summed E-state index contributed by atoms with van der Waals surface area (Å²) in [5, 5.41) is 10.1. The molecule has 0 spiro atoms. The number of anilines is 1. The van der Waals surface area contributed by atoms with Crippen LogP contribution < -0.4 is 5.32 Å². The smallest absolute Gasteiger partial charge is 0.253 e. The van der Waals surface area contributed by atoms with Crippen LogP contribution in [0.25, 0.3) is 16.7 Å². The number of para-hydroxylation sites is 1. The first kappa shape index (κ1) is 14.8. The Kier molecular flexibility index (Phi) is 3.73. The number of rotatable bonds is 4. The Hall–Kier alpha value is -2.74. The summed E-state index contributed by atoms with van der Waals surface area (Å²) in [6.45, 7) is 4.78. The normalized spacial score (nSPS) is 11.2. The van der Waals surface area contributed by atoms with Gasteiger partial charge in [0.15, 0.2) is 5.16 Å². The van der Waals surface area contributed by atoms with Gasteiger partial charge in [-0.3, -0.25) is 0 Å². The molecule has 3 heterocycles. The molecule has 0 atom stereocenters. The number of fused-ring (bicyclic) bond motifs is 2. The van der Waals surface area contributed by atoms with E-state index in [4.69, 9.17) is 0 Å². The summed E-state index contributed by atoms with van der Waals surface area (Å²) in [4.78, 5) is 17.8. The van der Waals surface area contributed by atoms with Crippen LogP contribution in [0.4, 0.5) is 5.82 Å². The summed E-state index contributed by atoms with van der Waals surface area (Å²) in [6, 6.07) is 9.94. The minimum absolute atomic E-state index is 0.574. The average Bonchev–Trinajstić information content (AvgIpc) is 3.03. The minimum Gasteiger partial charge on any atom is -0.370 e. The van der Waals surface area contributed by atoms with Gasteiger partial charge in [0.25, 0.3) is 5.78 Å². The zero-order valence-electron chi connectivity index (χ0n) is 13.3. The lowest BCUT2D eigenvalue weighted by atomic mass is 10.2. The highest BCUT2D eigenvalue weighted by molar-refractivity contribution is 7.99. The number of benzene rings is 1. The molecule has 0 radical (unpaired) electrons. The van der Waals surface area contributed by atoms with Crippen LogP contribution in [0.2, 0.25) is 0 Å². The van der Waals surface area contributed by atoms with Crippen molar-refractivity contribution in [2.75, 3.05) is 11.9 Å². The molecule has 0 aliphatic heterocycles. The van der Waals surface area contributed by atoms with Gasteiger partial charge in [-0.05, 0) is 43.8 Å². The van der Waals surface area contributed by atoms with Crippen LogP contribution in [-0.4, -0.2) is 36.1 Å². The Bertz CT molecular complexity index is 1030. The van der Waals surface area contributed by atoms with Crippen LogP contribution in [0.3, 0.4) is 0 Å². The average molecular weight is 337 g/mol. The van der Waals surface area contributed by atoms with Crippen molar-refractivity contribution in [3.63, 3.8) is 0 Å². The summed E-state index contributed by atoms with van der Waals surface area (Å²) < 4.78 is 1.70. The van der Waals surface area contributed by atoms with Crippen LogP contribution in [0.15, 0.2) is 46.8 Å². The second-order valence-corrected chi connectivity index (χ2v) is 6.20. The van der Waals surface area contributed by atoms with Crippen molar-refractivity contribution in [2.24, 2.45) is 0 Å². The van der Waals surface area contributed by atoms with Gasteiger partial charge in [-0.25, -0.2) is 15.0 Å². The van der Waals surface area contributed by atoms with Gasteiger partial charge in [0, 0.05) is 17.6 Å². The van der Waals surface area contributed by atoms with Crippen LogP contribution in [0.1, 0.15) is 12.6 Å². The summed E-state index contributed by atoms with van der Waals surface area (Å²) in [5.41, 5.74) is 1.79. The molecule has 0 aliphatic carbocycles. The first-order chi connectivity index (χ1) is 11.7. The molecular weight excluding hydrogens is 322 g/mol. The molecule has 120 valence electrons. The molecule has 0 aliphatic rings. The largest absolute Gasteiger partial charge is 0.370 e. The standard InChI is InChI=1S/C16H15N7S/c1-3-17-14-11-6-4-5-7-12(11)21-16(22-14)24-13-8-10(2)20-15-18-9-19-23(13)15/h4-9H,3H2,1-2H3,(H,17,21,22). The van der Waals surface area contributed by atoms with Gasteiger partial charge in [-0.2, -0.15) is 14.6 Å². The van der Waals surface area contributed by atoms with E-state index in [1.165, 1.54) is 18.1 Å². The van der Waals surface area contributed by atoms with E-state index in [0.29, 0.717) is 10.9 Å². The summed E-state index contributed by atoms with van der Waals surface area (Å²) >= 11 is 1.45. The molecule has 0 amide bonds. The monoisotopic (exact) mass is 337 g/mol. The lowest BCUT2D eigenvalue weighted by Gasteiger charge is -2.09. The Morgan fingerprint density at radius 1 is 1.17 bits per heavy atom. The molecule has 0 saturated carbocycles. The number of hydrogen-bond acceptors (Lipinski definition) is 7. The molecule has 7 nitrogen and oxygen atoms in total. The number of nitrogens with zero attached hydrogens (tertiary/aromatic N) is 6. The predicted octanol–water partition coefficient (Wildman–Crippen LogP) is 2.96.